The lowest BCUT2D eigenvalue weighted by Crippen LogP contribution is -2.44. The molecular formula is C11H12N2O2S. The molecule has 0 spiro atoms. The zero-order valence-corrected chi connectivity index (χ0v) is 9.51. The van der Waals surface area contributed by atoms with Crippen LogP contribution in [0.25, 0.3) is 0 Å². The second-order valence-electron chi connectivity index (χ2n) is 3.98. The highest BCUT2D eigenvalue weighted by atomic mass is 32.1. The van der Waals surface area contributed by atoms with Gasteiger partial charge in [-0.05, 0) is 19.3 Å². The van der Waals surface area contributed by atoms with E-state index in [4.69, 9.17) is 11.5 Å². The van der Waals surface area contributed by atoms with Crippen molar-refractivity contribution in [2.75, 3.05) is 5.32 Å². The third kappa shape index (κ3) is 2.02. The first kappa shape index (κ1) is 11.0. The Kier molecular flexibility index (Phi) is 2.84. The first-order chi connectivity index (χ1) is 7.65. The fourth-order valence-corrected chi connectivity index (χ4v) is 2.60. The van der Waals surface area contributed by atoms with Gasteiger partial charge in [0.2, 0.25) is 0 Å². The summed E-state index contributed by atoms with van der Waals surface area (Å²) in [5, 5.41) is 14.2. The highest BCUT2D eigenvalue weighted by Crippen LogP contribution is 2.38. The topological polar surface area (TPSA) is 62.2 Å². The molecule has 0 aliphatic heterocycles. The van der Waals surface area contributed by atoms with Crippen molar-refractivity contribution >= 4 is 22.4 Å². The van der Waals surface area contributed by atoms with Crippen LogP contribution in [0.1, 0.15) is 36.2 Å². The van der Waals surface area contributed by atoms with Crippen molar-refractivity contribution in [1.29, 1.82) is 0 Å². The largest absolute Gasteiger partial charge is 0.476 e. The highest BCUT2D eigenvalue weighted by molar-refractivity contribution is 7.13. The van der Waals surface area contributed by atoms with Gasteiger partial charge in [0.15, 0.2) is 10.8 Å². The normalized spacial score (nSPS) is 17.2. The number of hydrogen-bond donors (Lipinski definition) is 2. The van der Waals surface area contributed by atoms with Crippen LogP contribution in [0.15, 0.2) is 5.38 Å². The molecule has 0 amide bonds. The van der Waals surface area contributed by atoms with Crippen LogP contribution < -0.4 is 5.32 Å². The molecule has 1 aromatic heterocycles. The molecule has 1 aliphatic carbocycles. The minimum absolute atomic E-state index is 0.0532. The third-order valence-corrected chi connectivity index (χ3v) is 3.60. The van der Waals surface area contributed by atoms with Gasteiger partial charge in [0.05, 0.1) is 5.54 Å². The van der Waals surface area contributed by atoms with Crippen LogP contribution in [0.3, 0.4) is 0 Å². The molecule has 2 N–H and O–H groups in total. The predicted molar refractivity (Wildman–Crippen MR) is 62.7 cm³/mol. The lowest BCUT2D eigenvalue weighted by atomic mass is 9.75. The van der Waals surface area contributed by atoms with Crippen molar-refractivity contribution in [1.82, 2.24) is 4.98 Å². The quantitative estimate of drug-likeness (QED) is 0.787. The molecule has 16 heavy (non-hydrogen) atoms. The number of carboxylic acids is 1. The Bertz CT molecular complexity index is 443. The molecule has 1 aromatic rings. The molecule has 0 aromatic carbocycles. The predicted octanol–water partition coefficient (Wildman–Crippen LogP) is 2.20. The van der Waals surface area contributed by atoms with E-state index in [9.17, 15) is 4.79 Å². The second-order valence-corrected chi connectivity index (χ2v) is 4.84. The van der Waals surface area contributed by atoms with Gasteiger partial charge in [0.1, 0.15) is 0 Å². The van der Waals surface area contributed by atoms with Gasteiger partial charge in [-0.25, -0.2) is 9.78 Å². The van der Waals surface area contributed by atoms with E-state index in [2.05, 4.69) is 16.2 Å². The Labute approximate surface area is 97.7 Å². The van der Waals surface area contributed by atoms with Crippen LogP contribution in [0.5, 0.6) is 0 Å². The van der Waals surface area contributed by atoms with Gasteiger partial charge >= 0.3 is 5.97 Å². The molecule has 0 saturated heterocycles. The van der Waals surface area contributed by atoms with Crippen LogP contribution in [0, 0.1) is 12.3 Å². The standard InChI is InChI=1S/C11H12N2O2S/c1-2-4-11(5-3-6-11)13-10-12-8(7-16-10)9(14)15/h1,7H,3-6H2,(H,12,13)(H,14,15). The van der Waals surface area contributed by atoms with Gasteiger partial charge in [0, 0.05) is 11.8 Å². The van der Waals surface area contributed by atoms with Gasteiger partial charge in [0.25, 0.3) is 0 Å². The molecule has 0 radical (unpaired) electrons. The van der Waals surface area contributed by atoms with Crippen LogP contribution in [0.2, 0.25) is 0 Å². The number of terminal acetylenes is 1. The minimum Gasteiger partial charge on any atom is -0.476 e. The van der Waals surface area contributed by atoms with Gasteiger partial charge in [-0.1, -0.05) is 0 Å². The number of carboxylic acid groups (broad SMARTS) is 1. The van der Waals surface area contributed by atoms with Crippen LogP contribution >= 0.6 is 11.3 Å². The van der Waals surface area contributed by atoms with Gasteiger partial charge in [-0.2, -0.15) is 0 Å². The Morgan fingerprint density at radius 2 is 2.50 bits per heavy atom. The molecule has 0 atom stereocenters. The number of nitrogens with one attached hydrogen (secondary N) is 1. The molecule has 1 heterocycles. The summed E-state index contributed by atoms with van der Waals surface area (Å²) in [5.41, 5.74) is 0.0326. The molecular weight excluding hydrogens is 224 g/mol. The summed E-state index contributed by atoms with van der Waals surface area (Å²) in [4.78, 5) is 14.7. The number of rotatable bonds is 4. The first-order valence-electron chi connectivity index (χ1n) is 5.06. The maximum Gasteiger partial charge on any atom is 0.355 e. The summed E-state index contributed by atoms with van der Waals surface area (Å²) in [6.45, 7) is 0. The Morgan fingerprint density at radius 3 is 2.94 bits per heavy atom. The molecule has 0 unspecified atom stereocenters. The summed E-state index contributed by atoms with van der Waals surface area (Å²) in [7, 11) is 0. The zero-order chi connectivity index (χ0) is 11.6. The van der Waals surface area contributed by atoms with Gasteiger partial charge in [-0.3, -0.25) is 0 Å². The molecule has 5 heteroatoms. The number of thiazole rings is 1. The SMILES string of the molecule is C#CCC1(Nc2nc(C(=O)O)cs2)CCC1. The minimum atomic E-state index is -0.996. The molecule has 0 bridgehead atoms. The fraction of sp³-hybridized carbons (Fsp3) is 0.455. The van der Waals surface area contributed by atoms with E-state index in [0.717, 1.165) is 19.3 Å². The number of aromatic carboxylic acids is 1. The summed E-state index contributed by atoms with van der Waals surface area (Å²) in [6.07, 6.45) is 9.20. The molecule has 1 saturated carbocycles. The third-order valence-electron chi connectivity index (χ3n) is 2.85. The number of nitrogens with zero attached hydrogens (tertiary/aromatic N) is 1. The van der Waals surface area contributed by atoms with Gasteiger partial charge < -0.3 is 10.4 Å². The van der Waals surface area contributed by atoms with E-state index < -0.39 is 5.97 Å². The number of aromatic nitrogens is 1. The number of anilines is 1. The summed E-state index contributed by atoms with van der Waals surface area (Å²) in [6, 6.07) is 0. The Morgan fingerprint density at radius 1 is 1.75 bits per heavy atom. The summed E-state index contributed by atoms with van der Waals surface area (Å²) < 4.78 is 0. The smallest absolute Gasteiger partial charge is 0.355 e. The van der Waals surface area contributed by atoms with Crippen molar-refractivity contribution in [3.05, 3.63) is 11.1 Å². The average Bonchev–Trinajstić information content (AvgIpc) is 2.63. The average molecular weight is 236 g/mol. The van der Waals surface area contributed by atoms with Crippen molar-refractivity contribution in [3.8, 4) is 12.3 Å². The van der Waals surface area contributed by atoms with E-state index in [1.54, 1.807) is 0 Å². The number of carbonyl (C=O) groups is 1. The van der Waals surface area contributed by atoms with Crippen LogP contribution in [-0.2, 0) is 0 Å². The zero-order valence-electron chi connectivity index (χ0n) is 8.69. The van der Waals surface area contributed by atoms with Crippen LogP contribution in [-0.4, -0.2) is 21.6 Å². The number of hydrogen-bond acceptors (Lipinski definition) is 4. The monoisotopic (exact) mass is 236 g/mol. The van der Waals surface area contributed by atoms with E-state index >= 15 is 0 Å². The van der Waals surface area contributed by atoms with E-state index in [1.165, 1.54) is 16.7 Å². The maximum atomic E-state index is 10.7. The van der Waals surface area contributed by atoms with Crippen molar-refractivity contribution in [3.63, 3.8) is 0 Å². The fourth-order valence-electron chi connectivity index (χ4n) is 1.80. The highest BCUT2D eigenvalue weighted by Gasteiger charge is 2.36. The van der Waals surface area contributed by atoms with Crippen molar-refractivity contribution in [2.45, 2.75) is 31.2 Å². The Hall–Kier alpha value is -1.54. The van der Waals surface area contributed by atoms with E-state index in [1.807, 2.05) is 0 Å². The molecule has 84 valence electrons. The second kappa shape index (κ2) is 4.14. The van der Waals surface area contributed by atoms with E-state index in [-0.39, 0.29) is 11.2 Å². The lowest BCUT2D eigenvalue weighted by molar-refractivity contribution is 0.0691. The van der Waals surface area contributed by atoms with Crippen molar-refractivity contribution < 1.29 is 9.90 Å². The molecule has 1 fully saturated rings. The molecule has 4 nitrogen and oxygen atoms in total. The molecule has 1 aliphatic rings. The van der Waals surface area contributed by atoms with Crippen LogP contribution in [0.4, 0.5) is 5.13 Å². The van der Waals surface area contributed by atoms with Crippen molar-refractivity contribution in [2.24, 2.45) is 0 Å². The lowest BCUT2D eigenvalue weighted by Gasteiger charge is -2.41. The summed E-state index contributed by atoms with van der Waals surface area (Å²) >= 11 is 1.31. The first-order valence-corrected chi connectivity index (χ1v) is 5.94. The molecule has 2 rings (SSSR count). The summed E-state index contributed by atoms with van der Waals surface area (Å²) in [5.74, 6) is 1.66. The van der Waals surface area contributed by atoms with E-state index in [0.29, 0.717) is 11.6 Å². The van der Waals surface area contributed by atoms with Gasteiger partial charge in [-0.15, -0.1) is 23.7 Å². The maximum absolute atomic E-state index is 10.7. The Balaban J connectivity index is 2.08.